The molecule has 6 heteroatoms. The number of nitro benzene ring substituents is 1. The molecule has 0 aliphatic heterocycles. The standard InChI is InChI=1S/C24H30N2O3.ClH/c1-18-4-8-22(9-5-18)24(27)3-2-16-25-17-19-6-10-20(11-7-19)21-12-14-23(15-13-21)26(28)29;/h4-5,8-9,12-15,19-20,25H,2-3,6-7,10-11,16-17H2,1H3;1H. The van der Waals surface area contributed by atoms with E-state index < -0.39 is 0 Å². The smallest absolute Gasteiger partial charge is 0.269 e. The van der Waals surface area contributed by atoms with Crippen molar-refractivity contribution in [1.82, 2.24) is 5.32 Å². The molecule has 162 valence electrons. The van der Waals surface area contributed by atoms with Crippen LogP contribution < -0.4 is 5.32 Å². The van der Waals surface area contributed by atoms with Crippen molar-refractivity contribution in [3.8, 4) is 0 Å². The van der Waals surface area contributed by atoms with E-state index in [9.17, 15) is 14.9 Å². The molecule has 5 nitrogen and oxygen atoms in total. The maximum atomic E-state index is 12.2. The zero-order valence-electron chi connectivity index (χ0n) is 17.5. The van der Waals surface area contributed by atoms with Crippen LogP contribution in [0.15, 0.2) is 48.5 Å². The SMILES string of the molecule is Cc1ccc(C(=O)CCCNCC2CCC(c3ccc([N+](=O)[O-])cc3)CC2)cc1.Cl. The van der Waals surface area contributed by atoms with E-state index in [1.54, 1.807) is 12.1 Å². The van der Waals surface area contributed by atoms with E-state index in [0.717, 1.165) is 37.9 Å². The molecular weight excluding hydrogens is 400 g/mol. The third kappa shape index (κ3) is 6.92. The summed E-state index contributed by atoms with van der Waals surface area (Å²) in [6.45, 7) is 3.91. The summed E-state index contributed by atoms with van der Waals surface area (Å²) in [5, 5.41) is 14.3. The van der Waals surface area contributed by atoms with Crippen LogP contribution in [0.3, 0.4) is 0 Å². The largest absolute Gasteiger partial charge is 0.316 e. The molecule has 0 amide bonds. The summed E-state index contributed by atoms with van der Waals surface area (Å²) < 4.78 is 0. The van der Waals surface area contributed by atoms with Crippen LogP contribution in [0.4, 0.5) is 5.69 Å². The van der Waals surface area contributed by atoms with E-state index in [1.165, 1.54) is 24.0 Å². The van der Waals surface area contributed by atoms with Gasteiger partial charge < -0.3 is 5.32 Å². The Bertz CT molecular complexity index is 813. The number of nitrogens with one attached hydrogen (secondary N) is 1. The molecule has 1 saturated carbocycles. The van der Waals surface area contributed by atoms with E-state index in [4.69, 9.17) is 0 Å². The third-order valence-electron chi connectivity index (χ3n) is 5.99. The maximum absolute atomic E-state index is 12.2. The zero-order chi connectivity index (χ0) is 20.6. The van der Waals surface area contributed by atoms with Crippen LogP contribution in [0.2, 0.25) is 0 Å². The van der Waals surface area contributed by atoms with E-state index >= 15 is 0 Å². The molecule has 0 heterocycles. The Morgan fingerprint density at radius 2 is 1.67 bits per heavy atom. The number of hydrogen-bond donors (Lipinski definition) is 1. The quantitative estimate of drug-likeness (QED) is 0.234. The number of carbonyl (C=O) groups excluding carboxylic acids is 1. The van der Waals surface area contributed by atoms with Crippen molar-refractivity contribution in [3.63, 3.8) is 0 Å². The molecule has 3 rings (SSSR count). The highest BCUT2D eigenvalue weighted by atomic mass is 35.5. The summed E-state index contributed by atoms with van der Waals surface area (Å²) in [7, 11) is 0. The minimum absolute atomic E-state index is 0. The Morgan fingerprint density at radius 3 is 2.27 bits per heavy atom. The fourth-order valence-corrected chi connectivity index (χ4v) is 4.13. The fourth-order valence-electron chi connectivity index (χ4n) is 4.13. The number of nitrogens with zero attached hydrogens (tertiary/aromatic N) is 1. The van der Waals surface area contributed by atoms with Gasteiger partial charge in [-0.3, -0.25) is 14.9 Å². The lowest BCUT2D eigenvalue weighted by molar-refractivity contribution is -0.384. The summed E-state index contributed by atoms with van der Waals surface area (Å²) in [6.07, 6.45) is 6.08. The highest BCUT2D eigenvalue weighted by molar-refractivity contribution is 5.96. The summed E-state index contributed by atoms with van der Waals surface area (Å²) in [6, 6.07) is 14.8. The second kappa shape index (κ2) is 11.8. The minimum Gasteiger partial charge on any atom is -0.316 e. The van der Waals surface area contributed by atoms with Gasteiger partial charge in [-0.2, -0.15) is 0 Å². The number of non-ortho nitro benzene ring substituents is 1. The molecule has 0 spiro atoms. The molecule has 0 bridgehead atoms. The average molecular weight is 431 g/mol. The van der Waals surface area contributed by atoms with Crippen LogP contribution >= 0.6 is 12.4 Å². The number of benzene rings is 2. The molecule has 0 atom stereocenters. The van der Waals surface area contributed by atoms with Crippen molar-refractivity contribution in [2.75, 3.05) is 13.1 Å². The maximum Gasteiger partial charge on any atom is 0.269 e. The highest BCUT2D eigenvalue weighted by Crippen LogP contribution is 2.36. The van der Waals surface area contributed by atoms with Crippen molar-refractivity contribution in [3.05, 3.63) is 75.3 Å². The number of nitro groups is 1. The lowest BCUT2D eigenvalue weighted by Gasteiger charge is -2.29. The second-order valence-corrected chi connectivity index (χ2v) is 8.16. The van der Waals surface area contributed by atoms with Gasteiger partial charge in [-0.05, 0) is 69.5 Å². The summed E-state index contributed by atoms with van der Waals surface area (Å²) in [4.78, 5) is 22.6. The Labute approximate surface area is 184 Å². The minimum atomic E-state index is -0.347. The van der Waals surface area contributed by atoms with Crippen LogP contribution in [0, 0.1) is 23.0 Å². The lowest BCUT2D eigenvalue weighted by atomic mass is 9.78. The van der Waals surface area contributed by atoms with Crippen LogP contribution in [-0.2, 0) is 0 Å². The van der Waals surface area contributed by atoms with E-state index in [1.807, 2.05) is 43.3 Å². The number of hydrogen-bond acceptors (Lipinski definition) is 4. The third-order valence-corrected chi connectivity index (χ3v) is 5.99. The molecule has 30 heavy (non-hydrogen) atoms. The van der Waals surface area contributed by atoms with Crippen LogP contribution in [0.5, 0.6) is 0 Å². The van der Waals surface area contributed by atoms with Crippen molar-refractivity contribution in [1.29, 1.82) is 0 Å². The van der Waals surface area contributed by atoms with Gasteiger partial charge in [-0.25, -0.2) is 0 Å². The van der Waals surface area contributed by atoms with Gasteiger partial charge in [0.2, 0.25) is 0 Å². The van der Waals surface area contributed by atoms with Gasteiger partial charge in [0.05, 0.1) is 4.92 Å². The summed E-state index contributed by atoms with van der Waals surface area (Å²) in [5.41, 5.74) is 3.36. The molecule has 0 unspecified atom stereocenters. The van der Waals surface area contributed by atoms with Crippen molar-refractivity contribution < 1.29 is 9.72 Å². The van der Waals surface area contributed by atoms with E-state index in [-0.39, 0.29) is 28.8 Å². The Kier molecular flexibility index (Phi) is 9.47. The molecule has 2 aromatic rings. The molecular formula is C24H31ClN2O3. The number of ketones is 1. The van der Waals surface area contributed by atoms with Gasteiger partial charge >= 0.3 is 0 Å². The first-order valence-corrected chi connectivity index (χ1v) is 10.6. The monoisotopic (exact) mass is 430 g/mol. The topological polar surface area (TPSA) is 72.2 Å². The Balaban J connectivity index is 0.00000320. The molecule has 2 aromatic carbocycles. The fraction of sp³-hybridized carbons (Fsp3) is 0.458. The second-order valence-electron chi connectivity index (χ2n) is 8.16. The van der Waals surface area contributed by atoms with Gasteiger partial charge in [0.1, 0.15) is 0 Å². The van der Waals surface area contributed by atoms with Gasteiger partial charge in [-0.1, -0.05) is 42.0 Å². The van der Waals surface area contributed by atoms with Gasteiger partial charge in [0.15, 0.2) is 5.78 Å². The molecule has 1 aliphatic rings. The van der Waals surface area contributed by atoms with Crippen LogP contribution in [0.1, 0.15) is 65.9 Å². The molecule has 0 radical (unpaired) electrons. The molecule has 0 aromatic heterocycles. The van der Waals surface area contributed by atoms with Crippen molar-refractivity contribution in [2.24, 2.45) is 5.92 Å². The average Bonchev–Trinajstić information content (AvgIpc) is 2.74. The predicted octanol–water partition coefficient (Wildman–Crippen LogP) is 5.85. The first-order chi connectivity index (χ1) is 14.0. The molecule has 0 saturated heterocycles. The summed E-state index contributed by atoms with van der Waals surface area (Å²) >= 11 is 0. The number of Topliss-reactive ketones (excluding diaryl/α,β-unsaturated/α-hetero) is 1. The highest BCUT2D eigenvalue weighted by Gasteiger charge is 2.22. The van der Waals surface area contributed by atoms with E-state index in [0.29, 0.717) is 18.3 Å². The van der Waals surface area contributed by atoms with Crippen molar-refractivity contribution >= 4 is 23.9 Å². The number of halogens is 1. The first-order valence-electron chi connectivity index (χ1n) is 10.6. The van der Waals surface area contributed by atoms with Crippen LogP contribution in [-0.4, -0.2) is 23.8 Å². The van der Waals surface area contributed by atoms with Gasteiger partial charge in [-0.15, -0.1) is 12.4 Å². The molecule has 1 aliphatic carbocycles. The zero-order valence-corrected chi connectivity index (χ0v) is 18.3. The number of aryl methyl sites for hydroxylation is 1. The first kappa shape index (κ1) is 24.0. The normalized spacial score (nSPS) is 18.4. The Morgan fingerprint density at radius 1 is 1.03 bits per heavy atom. The molecule has 1 fully saturated rings. The number of rotatable bonds is 9. The van der Waals surface area contributed by atoms with Crippen molar-refractivity contribution in [2.45, 2.75) is 51.4 Å². The predicted molar refractivity (Wildman–Crippen MR) is 123 cm³/mol. The summed E-state index contributed by atoms with van der Waals surface area (Å²) in [5.74, 6) is 1.41. The van der Waals surface area contributed by atoms with Crippen LogP contribution in [0.25, 0.3) is 0 Å². The Hall–Kier alpha value is -2.24. The lowest BCUT2D eigenvalue weighted by Crippen LogP contribution is -2.27. The number of carbonyl (C=O) groups is 1. The molecule has 1 N–H and O–H groups in total. The van der Waals surface area contributed by atoms with Gasteiger partial charge in [0.25, 0.3) is 5.69 Å². The van der Waals surface area contributed by atoms with Gasteiger partial charge in [0, 0.05) is 24.1 Å². The van der Waals surface area contributed by atoms with E-state index in [2.05, 4.69) is 5.32 Å².